The number of amides is 1. The molecule has 0 aliphatic rings. The number of hydrogen-bond donors (Lipinski definition) is 1. The number of nitrogens with one attached hydrogen (secondary N) is 1. The first-order valence-corrected chi connectivity index (χ1v) is 7.75. The summed E-state index contributed by atoms with van der Waals surface area (Å²) in [6.45, 7) is 3.58. The number of carbonyl (C=O) groups is 1. The van der Waals surface area contributed by atoms with Crippen LogP contribution in [0.25, 0.3) is 0 Å². The summed E-state index contributed by atoms with van der Waals surface area (Å²) < 4.78 is 5.44. The van der Waals surface area contributed by atoms with Crippen LogP contribution in [0.3, 0.4) is 0 Å². The van der Waals surface area contributed by atoms with Crippen LogP contribution in [0.1, 0.15) is 28.4 Å². The van der Waals surface area contributed by atoms with Crippen LogP contribution in [-0.2, 0) is 17.9 Å². The van der Waals surface area contributed by atoms with Crippen LogP contribution in [0.15, 0.2) is 42.5 Å². The topological polar surface area (TPSA) is 38.3 Å². The van der Waals surface area contributed by atoms with E-state index in [-0.39, 0.29) is 5.91 Å². The molecular formula is C17H17Cl2NO2. The van der Waals surface area contributed by atoms with Gasteiger partial charge in [0.2, 0.25) is 0 Å². The van der Waals surface area contributed by atoms with Gasteiger partial charge in [0, 0.05) is 18.7 Å². The molecule has 3 nitrogen and oxygen atoms in total. The van der Waals surface area contributed by atoms with Crippen molar-refractivity contribution >= 4 is 29.1 Å². The lowest BCUT2D eigenvalue weighted by Gasteiger charge is -2.11. The molecule has 0 radical (unpaired) electrons. The second-order valence-corrected chi connectivity index (χ2v) is 5.53. The highest BCUT2D eigenvalue weighted by Gasteiger charge is 2.09. The molecule has 5 heteroatoms. The Labute approximate surface area is 140 Å². The number of hydrogen-bond acceptors (Lipinski definition) is 2. The minimum Gasteiger partial charge on any atom is -0.377 e. The molecule has 0 aromatic heterocycles. The number of benzene rings is 2. The quantitative estimate of drug-likeness (QED) is 0.844. The van der Waals surface area contributed by atoms with Crippen molar-refractivity contribution in [1.82, 2.24) is 5.32 Å². The van der Waals surface area contributed by atoms with E-state index in [9.17, 15) is 4.79 Å². The second-order valence-electron chi connectivity index (χ2n) is 4.72. The molecule has 0 saturated heterocycles. The Morgan fingerprint density at radius 3 is 2.50 bits per heavy atom. The van der Waals surface area contributed by atoms with Crippen molar-refractivity contribution in [3.05, 3.63) is 69.2 Å². The predicted octanol–water partition coefficient (Wildman–Crippen LogP) is 4.46. The molecule has 0 unspecified atom stereocenters. The van der Waals surface area contributed by atoms with Crippen LogP contribution in [0.2, 0.25) is 10.0 Å². The summed E-state index contributed by atoms with van der Waals surface area (Å²) in [5, 5.41) is 3.68. The lowest BCUT2D eigenvalue weighted by atomic mass is 10.1. The van der Waals surface area contributed by atoms with E-state index in [0.717, 1.165) is 11.1 Å². The van der Waals surface area contributed by atoms with Gasteiger partial charge in [0.05, 0.1) is 16.7 Å². The third kappa shape index (κ3) is 4.47. The first kappa shape index (κ1) is 16.8. The van der Waals surface area contributed by atoms with E-state index in [1.54, 1.807) is 18.2 Å². The number of rotatable bonds is 6. The maximum Gasteiger partial charge on any atom is 0.251 e. The molecule has 0 aliphatic heterocycles. The number of ether oxygens (including phenoxy) is 1. The van der Waals surface area contributed by atoms with Gasteiger partial charge < -0.3 is 10.1 Å². The number of halogens is 2. The molecule has 2 aromatic carbocycles. The van der Waals surface area contributed by atoms with Crippen LogP contribution in [0, 0.1) is 0 Å². The van der Waals surface area contributed by atoms with Gasteiger partial charge in [0.15, 0.2) is 0 Å². The summed E-state index contributed by atoms with van der Waals surface area (Å²) in [4.78, 5) is 12.2. The first-order chi connectivity index (χ1) is 10.6. The summed E-state index contributed by atoms with van der Waals surface area (Å²) in [7, 11) is 0. The third-order valence-electron chi connectivity index (χ3n) is 3.20. The lowest BCUT2D eigenvalue weighted by Crippen LogP contribution is -2.23. The molecule has 0 aliphatic carbocycles. The SMILES string of the molecule is CCOCc1ccccc1CNC(=O)c1ccc(Cl)c(Cl)c1. The van der Waals surface area contributed by atoms with Crippen molar-refractivity contribution < 1.29 is 9.53 Å². The summed E-state index contributed by atoms with van der Waals surface area (Å²) in [5.41, 5.74) is 2.58. The van der Waals surface area contributed by atoms with E-state index in [1.165, 1.54) is 0 Å². The predicted molar refractivity (Wildman–Crippen MR) is 89.4 cm³/mol. The molecule has 22 heavy (non-hydrogen) atoms. The fourth-order valence-corrected chi connectivity index (χ4v) is 2.30. The first-order valence-electron chi connectivity index (χ1n) is 6.99. The van der Waals surface area contributed by atoms with Gasteiger partial charge in [-0.25, -0.2) is 0 Å². The van der Waals surface area contributed by atoms with Crippen molar-refractivity contribution in [1.29, 1.82) is 0 Å². The minimum atomic E-state index is -0.190. The Morgan fingerprint density at radius 1 is 1.09 bits per heavy atom. The monoisotopic (exact) mass is 337 g/mol. The lowest BCUT2D eigenvalue weighted by molar-refractivity contribution is 0.0950. The Kier molecular flexibility index (Phi) is 6.25. The van der Waals surface area contributed by atoms with Crippen LogP contribution in [0.4, 0.5) is 0 Å². The average molecular weight is 338 g/mol. The molecular weight excluding hydrogens is 321 g/mol. The molecule has 2 rings (SSSR count). The summed E-state index contributed by atoms with van der Waals surface area (Å²) >= 11 is 11.8. The van der Waals surface area contributed by atoms with Crippen molar-refractivity contribution in [2.24, 2.45) is 0 Å². The van der Waals surface area contributed by atoms with E-state index in [0.29, 0.717) is 35.4 Å². The van der Waals surface area contributed by atoms with Crippen LogP contribution >= 0.6 is 23.2 Å². The zero-order valence-electron chi connectivity index (χ0n) is 12.2. The Balaban J connectivity index is 2.03. The Morgan fingerprint density at radius 2 is 1.82 bits per heavy atom. The van der Waals surface area contributed by atoms with Gasteiger partial charge in [-0.2, -0.15) is 0 Å². The Bertz CT molecular complexity index is 659. The minimum absolute atomic E-state index is 0.190. The molecule has 0 atom stereocenters. The smallest absolute Gasteiger partial charge is 0.251 e. The van der Waals surface area contributed by atoms with Crippen LogP contribution in [0.5, 0.6) is 0 Å². The fourth-order valence-electron chi connectivity index (χ4n) is 2.00. The van der Waals surface area contributed by atoms with Gasteiger partial charge in [-0.1, -0.05) is 47.5 Å². The highest BCUT2D eigenvalue weighted by atomic mass is 35.5. The zero-order valence-corrected chi connectivity index (χ0v) is 13.7. The third-order valence-corrected chi connectivity index (χ3v) is 3.94. The summed E-state index contributed by atoms with van der Waals surface area (Å²) in [6, 6.07) is 12.7. The maximum absolute atomic E-state index is 12.2. The van der Waals surface area contributed by atoms with Crippen LogP contribution < -0.4 is 5.32 Å². The largest absolute Gasteiger partial charge is 0.377 e. The highest BCUT2D eigenvalue weighted by Crippen LogP contribution is 2.22. The highest BCUT2D eigenvalue weighted by molar-refractivity contribution is 6.42. The van der Waals surface area contributed by atoms with Crippen molar-refractivity contribution in [3.63, 3.8) is 0 Å². The van der Waals surface area contributed by atoms with Gasteiger partial charge >= 0.3 is 0 Å². The average Bonchev–Trinajstić information content (AvgIpc) is 2.54. The van der Waals surface area contributed by atoms with Crippen LogP contribution in [-0.4, -0.2) is 12.5 Å². The normalized spacial score (nSPS) is 10.5. The van der Waals surface area contributed by atoms with E-state index in [2.05, 4.69) is 5.32 Å². The molecule has 0 saturated carbocycles. The van der Waals surface area contributed by atoms with Crippen molar-refractivity contribution in [3.8, 4) is 0 Å². The fraction of sp³-hybridized carbons (Fsp3) is 0.235. The molecule has 0 spiro atoms. The van der Waals surface area contributed by atoms with Gasteiger partial charge in [0.25, 0.3) is 5.91 Å². The molecule has 1 amide bonds. The maximum atomic E-state index is 12.2. The van der Waals surface area contributed by atoms with E-state index < -0.39 is 0 Å². The summed E-state index contributed by atoms with van der Waals surface area (Å²) in [6.07, 6.45) is 0. The molecule has 0 bridgehead atoms. The van der Waals surface area contributed by atoms with Gasteiger partial charge in [-0.05, 0) is 36.2 Å². The van der Waals surface area contributed by atoms with Gasteiger partial charge in [-0.15, -0.1) is 0 Å². The van der Waals surface area contributed by atoms with Gasteiger partial charge in [-0.3, -0.25) is 4.79 Å². The zero-order chi connectivity index (χ0) is 15.9. The summed E-state index contributed by atoms with van der Waals surface area (Å²) in [5.74, 6) is -0.190. The second kappa shape index (κ2) is 8.18. The number of carbonyl (C=O) groups excluding carboxylic acids is 1. The standard InChI is InChI=1S/C17H17Cl2NO2/c1-2-22-11-14-6-4-3-5-13(14)10-20-17(21)12-7-8-15(18)16(19)9-12/h3-9H,2,10-11H2,1H3,(H,20,21). The molecule has 0 fully saturated rings. The molecule has 116 valence electrons. The van der Waals surface area contributed by atoms with Gasteiger partial charge in [0.1, 0.15) is 0 Å². The molecule has 1 N–H and O–H groups in total. The van der Waals surface area contributed by atoms with Crippen molar-refractivity contribution in [2.75, 3.05) is 6.61 Å². The Hall–Kier alpha value is -1.55. The van der Waals surface area contributed by atoms with Crippen molar-refractivity contribution in [2.45, 2.75) is 20.1 Å². The van der Waals surface area contributed by atoms with E-state index in [1.807, 2.05) is 31.2 Å². The van der Waals surface area contributed by atoms with E-state index in [4.69, 9.17) is 27.9 Å². The molecule has 2 aromatic rings. The molecule has 0 heterocycles. The van der Waals surface area contributed by atoms with E-state index >= 15 is 0 Å².